The van der Waals surface area contributed by atoms with Gasteiger partial charge in [0.25, 0.3) is 0 Å². The van der Waals surface area contributed by atoms with Gasteiger partial charge in [-0.1, -0.05) is 30.3 Å². The van der Waals surface area contributed by atoms with Crippen LogP contribution in [-0.2, 0) is 9.84 Å². The van der Waals surface area contributed by atoms with Crippen molar-refractivity contribution < 1.29 is 8.42 Å². The average molecular weight is 357 g/mol. The molecule has 130 valence electrons. The van der Waals surface area contributed by atoms with Crippen LogP contribution >= 0.6 is 0 Å². The minimum Gasteiger partial charge on any atom is -0.383 e. The van der Waals surface area contributed by atoms with Crippen molar-refractivity contribution in [2.45, 2.75) is 11.9 Å². The van der Waals surface area contributed by atoms with E-state index >= 15 is 0 Å². The molecule has 2 aromatic heterocycles. The van der Waals surface area contributed by atoms with Crippen LogP contribution in [0.4, 0.5) is 0 Å². The van der Waals surface area contributed by atoms with Crippen LogP contribution in [0.25, 0.3) is 22.9 Å². The molecule has 0 unspecified atom stereocenters. The van der Waals surface area contributed by atoms with E-state index in [1.54, 1.807) is 16.8 Å². The number of nitrogens with zero attached hydrogens (tertiary/aromatic N) is 5. The fourth-order valence-corrected chi connectivity index (χ4v) is 3.30. The zero-order valence-electron chi connectivity index (χ0n) is 14.5. The molecular formula is C17H19N5O2S. The summed E-state index contributed by atoms with van der Waals surface area (Å²) in [5.41, 5.74) is 3.46. The Balaban J connectivity index is 2.36. The second-order valence-corrected chi connectivity index (χ2v) is 7.93. The monoisotopic (exact) mass is 357 g/mol. The normalized spacial score (nSPS) is 12.2. The summed E-state index contributed by atoms with van der Waals surface area (Å²) in [6.45, 7) is 1.87. The first kappa shape index (κ1) is 17.1. The molecule has 0 fully saturated rings. The van der Waals surface area contributed by atoms with Gasteiger partial charge in [0, 0.05) is 26.6 Å². The molecule has 0 aliphatic carbocycles. The van der Waals surface area contributed by atoms with E-state index in [0.717, 1.165) is 23.1 Å². The Morgan fingerprint density at radius 3 is 2.40 bits per heavy atom. The topological polar surface area (TPSA) is 80.5 Å². The first-order valence-electron chi connectivity index (χ1n) is 7.65. The lowest BCUT2D eigenvalue weighted by molar-refractivity contribution is 0.566. The quantitative estimate of drug-likeness (QED) is 0.711. The summed E-state index contributed by atoms with van der Waals surface area (Å²) >= 11 is 0. The average Bonchev–Trinajstić information content (AvgIpc) is 2.88. The number of hydrogen-bond donors (Lipinski definition) is 0. The van der Waals surface area contributed by atoms with Crippen LogP contribution in [0, 0.1) is 6.92 Å². The molecule has 0 aliphatic rings. The van der Waals surface area contributed by atoms with Crippen LogP contribution in [0.15, 0.2) is 41.6 Å². The van der Waals surface area contributed by atoms with Gasteiger partial charge in [-0.15, -0.1) is 10.2 Å². The molecule has 0 saturated heterocycles. The Morgan fingerprint density at radius 2 is 1.80 bits per heavy atom. The van der Waals surface area contributed by atoms with Gasteiger partial charge in [-0.3, -0.25) is 0 Å². The third-order valence-corrected chi connectivity index (χ3v) is 4.66. The summed E-state index contributed by atoms with van der Waals surface area (Å²) in [6.07, 6.45) is 4.55. The molecule has 7 nitrogen and oxygen atoms in total. The van der Waals surface area contributed by atoms with E-state index in [9.17, 15) is 8.42 Å². The second-order valence-electron chi connectivity index (χ2n) is 6.00. The van der Waals surface area contributed by atoms with Crippen molar-refractivity contribution in [2.75, 3.05) is 20.4 Å². The molecule has 3 rings (SSSR count). The van der Waals surface area contributed by atoms with Crippen LogP contribution in [0.3, 0.4) is 0 Å². The molecule has 8 heteroatoms. The summed E-state index contributed by atoms with van der Waals surface area (Å²) < 4.78 is 25.8. The van der Waals surface area contributed by atoms with Gasteiger partial charge in [-0.2, -0.15) is 5.10 Å². The number of hydrogen-bond acceptors (Lipinski definition) is 6. The van der Waals surface area contributed by atoms with E-state index in [1.807, 2.05) is 56.3 Å². The highest BCUT2D eigenvalue weighted by Crippen LogP contribution is 2.28. The second kappa shape index (κ2) is 6.29. The molecule has 0 aliphatic heterocycles. The predicted octanol–water partition coefficient (Wildman–Crippen LogP) is 2.04. The molecule has 2 heterocycles. The Kier molecular flexibility index (Phi) is 4.30. The largest absolute Gasteiger partial charge is 0.383 e. The Labute approximate surface area is 146 Å². The Hall–Kier alpha value is -2.74. The SMILES string of the molecule is Cc1nn2c(/C=C/N(C)C)c(S(C)(=O)=O)nnc2c1-c1ccccc1. The number of sulfone groups is 1. The van der Waals surface area contributed by atoms with Crippen LogP contribution in [0.2, 0.25) is 0 Å². The van der Waals surface area contributed by atoms with Gasteiger partial charge in [0.2, 0.25) is 5.03 Å². The minimum atomic E-state index is -3.55. The van der Waals surface area contributed by atoms with Gasteiger partial charge < -0.3 is 4.90 Å². The van der Waals surface area contributed by atoms with E-state index in [0.29, 0.717) is 11.3 Å². The lowest BCUT2D eigenvalue weighted by Crippen LogP contribution is -2.11. The van der Waals surface area contributed by atoms with Crippen molar-refractivity contribution in [3.63, 3.8) is 0 Å². The van der Waals surface area contributed by atoms with Crippen molar-refractivity contribution >= 4 is 21.6 Å². The van der Waals surface area contributed by atoms with Crippen LogP contribution in [0.5, 0.6) is 0 Å². The van der Waals surface area contributed by atoms with Gasteiger partial charge in [-0.25, -0.2) is 12.9 Å². The first-order valence-corrected chi connectivity index (χ1v) is 9.54. The van der Waals surface area contributed by atoms with Crippen molar-refractivity contribution in [1.82, 2.24) is 24.7 Å². The molecule has 0 spiro atoms. The molecule has 1 aromatic carbocycles. The Morgan fingerprint density at radius 1 is 1.12 bits per heavy atom. The van der Waals surface area contributed by atoms with Crippen molar-refractivity contribution in [3.05, 3.63) is 47.9 Å². The van der Waals surface area contributed by atoms with E-state index in [4.69, 9.17) is 0 Å². The molecule has 0 saturated carbocycles. The zero-order valence-corrected chi connectivity index (χ0v) is 15.3. The molecule has 0 amide bonds. The molecule has 0 atom stereocenters. The fourth-order valence-electron chi connectivity index (χ4n) is 2.58. The van der Waals surface area contributed by atoms with Crippen molar-refractivity contribution in [3.8, 4) is 11.1 Å². The van der Waals surface area contributed by atoms with E-state index < -0.39 is 9.84 Å². The standard InChI is InChI=1S/C17H19N5O2S/c1-12-15(13-8-6-5-7-9-13)16-18-19-17(25(4,23)24)14(22(16)20-12)10-11-21(2)3/h5-11H,1-4H3/b11-10+. The summed E-state index contributed by atoms with van der Waals surface area (Å²) in [4.78, 5) is 1.81. The van der Waals surface area contributed by atoms with Crippen molar-refractivity contribution in [1.29, 1.82) is 0 Å². The van der Waals surface area contributed by atoms with Gasteiger partial charge in [0.05, 0.1) is 11.3 Å². The first-order chi connectivity index (χ1) is 11.8. The highest BCUT2D eigenvalue weighted by molar-refractivity contribution is 7.90. The number of benzene rings is 1. The lowest BCUT2D eigenvalue weighted by Gasteiger charge is -2.07. The Bertz CT molecular complexity index is 1050. The van der Waals surface area contributed by atoms with Crippen molar-refractivity contribution in [2.24, 2.45) is 0 Å². The van der Waals surface area contributed by atoms with Gasteiger partial charge in [0.15, 0.2) is 15.5 Å². The smallest absolute Gasteiger partial charge is 0.203 e. The molecule has 3 aromatic rings. The molecule has 25 heavy (non-hydrogen) atoms. The molecule has 0 radical (unpaired) electrons. The van der Waals surface area contributed by atoms with Gasteiger partial charge in [-0.05, 0) is 18.6 Å². The van der Waals surface area contributed by atoms with Gasteiger partial charge >= 0.3 is 0 Å². The maximum absolute atomic E-state index is 12.1. The molecule has 0 bridgehead atoms. The van der Waals surface area contributed by atoms with Gasteiger partial charge in [0.1, 0.15) is 5.69 Å². The highest BCUT2D eigenvalue weighted by Gasteiger charge is 2.22. The predicted molar refractivity (Wildman–Crippen MR) is 96.8 cm³/mol. The number of aryl methyl sites for hydroxylation is 1. The van der Waals surface area contributed by atoms with E-state index in [-0.39, 0.29) is 5.03 Å². The maximum atomic E-state index is 12.1. The van der Waals surface area contributed by atoms with Crippen LogP contribution < -0.4 is 0 Å². The third-order valence-electron chi connectivity index (χ3n) is 3.66. The van der Waals surface area contributed by atoms with Crippen LogP contribution in [0.1, 0.15) is 11.4 Å². The summed E-state index contributed by atoms with van der Waals surface area (Å²) in [5, 5.41) is 12.6. The lowest BCUT2D eigenvalue weighted by atomic mass is 10.1. The van der Waals surface area contributed by atoms with E-state index in [2.05, 4.69) is 15.3 Å². The molecular weight excluding hydrogens is 338 g/mol. The fraction of sp³-hybridized carbons (Fsp3) is 0.235. The zero-order chi connectivity index (χ0) is 18.2. The van der Waals surface area contributed by atoms with E-state index in [1.165, 1.54) is 0 Å². The number of aromatic nitrogens is 4. The molecule has 0 N–H and O–H groups in total. The maximum Gasteiger partial charge on any atom is 0.203 e. The minimum absolute atomic E-state index is 0.0970. The third kappa shape index (κ3) is 3.25. The summed E-state index contributed by atoms with van der Waals surface area (Å²) in [7, 11) is 0.161. The summed E-state index contributed by atoms with van der Waals surface area (Å²) in [6, 6.07) is 9.73. The van der Waals surface area contributed by atoms with Crippen LogP contribution in [-0.4, -0.2) is 53.5 Å². The number of fused-ring (bicyclic) bond motifs is 1. The highest BCUT2D eigenvalue weighted by atomic mass is 32.2. The summed E-state index contributed by atoms with van der Waals surface area (Å²) in [5.74, 6) is 0. The number of rotatable bonds is 4.